The zero-order valence-electron chi connectivity index (χ0n) is 13.7. The largest absolute Gasteiger partial charge is 0.361 e. The number of imidazole rings is 2. The van der Waals surface area contributed by atoms with Crippen molar-refractivity contribution in [2.75, 3.05) is 6.61 Å². The molecule has 0 saturated carbocycles. The van der Waals surface area contributed by atoms with Crippen LogP contribution in [0, 0.1) is 0 Å². The fourth-order valence-corrected chi connectivity index (χ4v) is 3.43. The van der Waals surface area contributed by atoms with Crippen molar-refractivity contribution in [3.63, 3.8) is 0 Å². The van der Waals surface area contributed by atoms with Crippen LogP contribution in [0.1, 0.15) is 0 Å². The van der Waals surface area contributed by atoms with Gasteiger partial charge in [0.1, 0.15) is 18.8 Å². The molecule has 7 heteroatoms. The minimum atomic E-state index is -1.06. The number of fused-ring (bicyclic) bond motifs is 1. The zero-order chi connectivity index (χ0) is 16.4. The third-order valence-electron chi connectivity index (χ3n) is 3.65. The van der Waals surface area contributed by atoms with Gasteiger partial charge >= 0.3 is 0 Å². The molecule has 0 atom stereocenters. The fourth-order valence-electron chi connectivity index (χ4n) is 2.32. The topological polar surface area (TPSA) is 44.3 Å². The minimum Gasteiger partial charge on any atom is -0.361 e. The van der Waals surface area contributed by atoms with E-state index in [0.717, 1.165) is 28.1 Å². The highest BCUT2D eigenvalue weighted by atomic mass is 79.9. The Labute approximate surface area is 145 Å². The number of pyridine rings is 1. The van der Waals surface area contributed by atoms with Crippen LogP contribution >= 0.6 is 15.9 Å². The van der Waals surface area contributed by atoms with Crippen molar-refractivity contribution in [1.82, 2.24) is 18.9 Å². The number of rotatable bonds is 6. The Balaban J connectivity index is 1.77. The third-order valence-corrected chi connectivity index (χ3v) is 5.82. The summed E-state index contributed by atoms with van der Waals surface area (Å²) < 4.78 is 10.9. The van der Waals surface area contributed by atoms with E-state index in [-0.39, 0.29) is 0 Å². The number of ether oxygens (including phenoxy) is 1. The molecule has 0 saturated heterocycles. The van der Waals surface area contributed by atoms with E-state index >= 15 is 0 Å². The van der Waals surface area contributed by atoms with E-state index in [1.165, 1.54) is 6.04 Å². The summed E-state index contributed by atoms with van der Waals surface area (Å²) in [5.74, 6) is 0.836. The molecule has 3 aromatic rings. The first-order valence-electron chi connectivity index (χ1n) is 7.65. The van der Waals surface area contributed by atoms with Gasteiger partial charge in [-0.25, -0.2) is 9.97 Å². The van der Waals surface area contributed by atoms with Gasteiger partial charge in [0.15, 0.2) is 5.82 Å². The van der Waals surface area contributed by atoms with Gasteiger partial charge in [-0.15, -0.1) is 0 Å². The first kappa shape index (κ1) is 16.4. The summed E-state index contributed by atoms with van der Waals surface area (Å²) in [6, 6.07) is 5.22. The lowest BCUT2D eigenvalue weighted by molar-refractivity contribution is 0.0882. The number of aromatic nitrogens is 4. The van der Waals surface area contributed by atoms with E-state index in [1.54, 1.807) is 12.5 Å². The Morgan fingerprint density at radius 3 is 2.83 bits per heavy atom. The first-order valence-corrected chi connectivity index (χ1v) is 12.2. The Hall–Kier alpha value is -1.44. The van der Waals surface area contributed by atoms with Gasteiger partial charge in [0.25, 0.3) is 0 Å². The van der Waals surface area contributed by atoms with Gasteiger partial charge < -0.3 is 13.7 Å². The average Bonchev–Trinajstić information content (AvgIpc) is 3.08. The van der Waals surface area contributed by atoms with Crippen LogP contribution in [0.5, 0.6) is 0 Å². The molecule has 0 unspecified atom stereocenters. The number of hydrogen-bond acceptors (Lipinski definition) is 3. The van der Waals surface area contributed by atoms with Crippen LogP contribution in [0.2, 0.25) is 25.7 Å². The lowest BCUT2D eigenvalue weighted by Crippen LogP contribution is -2.22. The van der Waals surface area contributed by atoms with Gasteiger partial charge in [-0.1, -0.05) is 19.6 Å². The number of hydrogen-bond donors (Lipinski definition) is 0. The highest BCUT2D eigenvalue weighted by Crippen LogP contribution is 2.23. The van der Waals surface area contributed by atoms with Crippen LogP contribution < -0.4 is 0 Å². The highest BCUT2D eigenvalue weighted by Gasteiger charge is 2.14. The molecule has 3 aromatic heterocycles. The molecule has 3 rings (SSSR count). The molecule has 3 heterocycles. The van der Waals surface area contributed by atoms with Crippen LogP contribution in [-0.2, 0) is 11.5 Å². The summed E-state index contributed by atoms with van der Waals surface area (Å²) in [5, 5.41) is 0. The molecule has 0 N–H and O–H groups in total. The molecule has 23 heavy (non-hydrogen) atoms. The normalized spacial score (nSPS) is 12.2. The molecule has 0 bridgehead atoms. The molecule has 5 nitrogen and oxygen atoms in total. The van der Waals surface area contributed by atoms with Crippen molar-refractivity contribution >= 4 is 29.5 Å². The smallest absolute Gasteiger partial charge is 0.162 e. The molecular formula is C16H21BrN4OSi. The molecule has 0 radical (unpaired) electrons. The van der Waals surface area contributed by atoms with Gasteiger partial charge in [-0.05, 0) is 34.1 Å². The van der Waals surface area contributed by atoms with E-state index in [9.17, 15) is 0 Å². The van der Waals surface area contributed by atoms with Crippen LogP contribution in [-0.4, -0.2) is 33.6 Å². The second-order valence-corrected chi connectivity index (χ2v) is 13.3. The second kappa shape index (κ2) is 6.58. The summed E-state index contributed by atoms with van der Waals surface area (Å²) in [5.41, 5.74) is 1.90. The Morgan fingerprint density at radius 2 is 2.04 bits per heavy atom. The summed E-state index contributed by atoms with van der Waals surface area (Å²) >= 11 is 3.48. The van der Waals surface area contributed by atoms with Crippen molar-refractivity contribution in [2.24, 2.45) is 0 Å². The van der Waals surface area contributed by atoms with Gasteiger partial charge in [-0.2, -0.15) is 0 Å². The molecular weight excluding hydrogens is 372 g/mol. The predicted molar refractivity (Wildman–Crippen MR) is 98.2 cm³/mol. The molecule has 122 valence electrons. The molecule has 0 amide bonds. The summed E-state index contributed by atoms with van der Waals surface area (Å²) in [7, 11) is -1.06. The number of halogens is 1. The van der Waals surface area contributed by atoms with Crippen LogP contribution in [0.15, 0.2) is 41.5 Å². The van der Waals surface area contributed by atoms with Gasteiger partial charge in [0.05, 0.1) is 5.52 Å². The third kappa shape index (κ3) is 3.91. The van der Waals surface area contributed by atoms with Gasteiger partial charge in [0.2, 0.25) is 0 Å². The maximum atomic E-state index is 5.84. The SMILES string of the molecule is C[Si](C)(C)CCOCn1ccnc1-c1ncn2cc(Br)ccc12. The van der Waals surface area contributed by atoms with Crippen molar-refractivity contribution in [3.8, 4) is 11.5 Å². The first-order chi connectivity index (χ1) is 10.9. The van der Waals surface area contributed by atoms with E-state index in [4.69, 9.17) is 4.74 Å². The highest BCUT2D eigenvalue weighted by molar-refractivity contribution is 9.10. The van der Waals surface area contributed by atoms with E-state index < -0.39 is 8.07 Å². The molecule has 0 fully saturated rings. The van der Waals surface area contributed by atoms with Crippen molar-refractivity contribution in [1.29, 1.82) is 0 Å². The summed E-state index contributed by atoms with van der Waals surface area (Å²) in [6.07, 6.45) is 7.53. The van der Waals surface area contributed by atoms with Crippen molar-refractivity contribution in [2.45, 2.75) is 32.4 Å². The standard InChI is InChI=1S/C16H21BrN4OSi/c1-23(2,3)9-8-22-12-20-7-6-18-16(20)15-14-5-4-13(17)10-21(14)11-19-15/h4-7,10-11H,8-9,12H2,1-3H3. The quantitative estimate of drug-likeness (QED) is 0.464. The molecule has 0 aliphatic carbocycles. The van der Waals surface area contributed by atoms with Crippen LogP contribution in [0.25, 0.3) is 17.0 Å². The maximum Gasteiger partial charge on any atom is 0.162 e. The Morgan fingerprint density at radius 1 is 1.22 bits per heavy atom. The Bertz CT molecular complexity index is 806. The van der Waals surface area contributed by atoms with Crippen molar-refractivity contribution < 1.29 is 4.74 Å². The zero-order valence-corrected chi connectivity index (χ0v) is 16.2. The van der Waals surface area contributed by atoms with E-state index in [0.29, 0.717) is 6.73 Å². The van der Waals surface area contributed by atoms with Gasteiger partial charge in [-0.3, -0.25) is 0 Å². The molecule has 0 aliphatic rings. The second-order valence-electron chi connectivity index (χ2n) is 6.80. The monoisotopic (exact) mass is 392 g/mol. The molecule has 0 aromatic carbocycles. The summed E-state index contributed by atoms with van der Waals surface area (Å²) in [4.78, 5) is 8.98. The predicted octanol–water partition coefficient (Wildman–Crippen LogP) is 4.27. The lowest BCUT2D eigenvalue weighted by atomic mass is 10.3. The van der Waals surface area contributed by atoms with E-state index in [2.05, 4.69) is 45.5 Å². The molecule has 0 spiro atoms. The summed E-state index contributed by atoms with van der Waals surface area (Å²) in [6.45, 7) is 8.37. The maximum absolute atomic E-state index is 5.84. The van der Waals surface area contributed by atoms with Crippen LogP contribution in [0.3, 0.4) is 0 Å². The van der Waals surface area contributed by atoms with Gasteiger partial charge in [0, 0.05) is 37.7 Å². The molecule has 0 aliphatic heterocycles. The lowest BCUT2D eigenvalue weighted by Gasteiger charge is -2.15. The van der Waals surface area contributed by atoms with Crippen molar-refractivity contribution in [3.05, 3.63) is 41.5 Å². The Kier molecular flexibility index (Phi) is 4.70. The average molecular weight is 393 g/mol. The minimum absolute atomic E-state index is 0.509. The fraction of sp³-hybridized carbons (Fsp3) is 0.375. The number of nitrogens with zero attached hydrogens (tertiary/aromatic N) is 4. The van der Waals surface area contributed by atoms with E-state index in [1.807, 2.05) is 33.5 Å². The van der Waals surface area contributed by atoms with Crippen LogP contribution in [0.4, 0.5) is 0 Å².